The number of ether oxygens (including phenoxy) is 2. The van der Waals surface area contributed by atoms with Crippen molar-refractivity contribution in [3.05, 3.63) is 42.1 Å². The molecule has 1 aromatic carbocycles. The number of anilines is 1. The second kappa shape index (κ2) is 8.87. The summed E-state index contributed by atoms with van der Waals surface area (Å²) in [5, 5.41) is 0. The minimum absolute atomic E-state index is 0.0928. The summed E-state index contributed by atoms with van der Waals surface area (Å²) in [7, 11) is 2.17. The maximum absolute atomic E-state index is 14.1. The highest BCUT2D eigenvalue weighted by Crippen LogP contribution is 2.44. The standard InChI is InChI=1S/C24H30FN5O3/c1-17-13-32-10-9-30(17)23(31)19-11-18(25)3-4-20(19)33-21-12-26-16-27-22(21)29-14-24(15-29)5-7-28(2)8-6-24/h3-4,11-12,16-17H,5-10,13-15H2,1-2H3/t17-/m0/s1. The molecule has 3 aliphatic rings. The Hall–Kier alpha value is -2.78. The van der Waals surface area contributed by atoms with Crippen LogP contribution in [0.2, 0.25) is 0 Å². The van der Waals surface area contributed by atoms with Gasteiger partial charge in [0.05, 0.1) is 31.0 Å². The molecule has 5 rings (SSSR count). The summed E-state index contributed by atoms with van der Waals surface area (Å²) >= 11 is 0. The number of halogens is 1. The van der Waals surface area contributed by atoms with Crippen LogP contribution in [0.5, 0.6) is 11.5 Å². The fourth-order valence-corrected chi connectivity index (χ4v) is 5.00. The number of carbonyl (C=O) groups is 1. The zero-order valence-electron chi connectivity index (χ0n) is 19.2. The van der Waals surface area contributed by atoms with Gasteiger partial charge in [0.25, 0.3) is 5.91 Å². The largest absolute Gasteiger partial charge is 0.451 e. The number of morpholine rings is 1. The molecular weight excluding hydrogens is 425 g/mol. The van der Waals surface area contributed by atoms with E-state index in [2.05, 4.69) is 26.8 Å². The van der Waals surface area contributed by atoms with E-state index < -0.39 is 5.82 Å². The first-order valence-electron chi connectivity index (χ1n) is 11.5. The molecule has 3 aliphatic heterocycles. The van der Waals surface area contributed by atoms with Gasteiger partial charge >= 0.3 is 0 Å². The SMILES string of the molecule is C[C@H]1COCCN1C(=O)c1cc(F)ccc1Oc1cncnc1N1CC2(CCN(C)CC2)C1. The summed E-state index contributed by atoms with van der Waals surface area (Å²) < 4.78 is 25.7. The van der Waals surface area contributed by atoms with E-state index in [4.69, 9.17) is 9.47 Å². The molecule has 0 unspecified atom stereocenters. The predicted octanol–water partition coefficient (Wildman–Crippen LogP) is 2.80. The van der Waals surface area contributed by atoms with Crippen LogP contribution in [-0.4, -0.2) is 84.7 Å². The Balaban J connectivity index is 1.37. The summed E-state index contributed by atoms with van der Waals surface area (Å²) in [6.07, 6.45) is 5.47. The molecule has 3 saturated heterocycles. The Kier molecular flexibility index (Phi) is 5.92. The molecule has 1 aromatic heterocycles. The summed E-state index contributed by atoms with van der Waals surface area (Å²) in [5.74, 6) is 0.717. The van der Waals surface area contributed by atoms with E-state index in [0.717, 1.165) is 26.2 Å². The van der Waals surface area contributed by atoms with Gasteiger partial charge in [0.2, 0.25) is 0 Å². The van der Waals surface area contributed by atoms with Crippen LogP contribution in [-0.2, 0) is 4.74 Å². The van der Waals surface area contributed by atoms with Crippen LogP contribution < -0.4 is 9.64 Å². The van der Waals surface area contributed by atoms with Crippen molar-refractivity contribution in [3.63, 3.8) is 0 Å². The van der Waals surface area contributed by atoms with Crippen molar-refractivity contribution in [3.8, 4) is 11.5 Å². The lowest BCUT2D eigenvalue weighted by atomic mass is 9.72. The van der Waals surface area contributed by atoms with Gasteiger partial charge in [0, 0.05) is 25.0 Å². The lowest BCUT2D eigenvalue weighted by molar-refractivity contribution is 0.00344. The van der Waals surface area contributed by atoms with E-state index in [-0.39, 0.29) is 17.5 Å². The molecule has 0 saturated carbocycles. The van der Waals surface area contributed by atoms with Gasteiger partial charge in [-0.3, -0.25) is 4.79 Å². The van der Waals surface area contributed by atoms with Gasteiger partial charge in [0.15, 0.2) is 11.6 Å². The first-order chi connectivity index (χ1) is 15.9. The van der Waals surface area contributed by atoms with E-state index in [1.807, 2.05) is 6.92 Å². The summed E-state index contributed by atoms with van der Waals surface area (Å²) in [6.45, 7) is 7.38. The van der Waals surface area contributed by atoms with Gasteiger partial charge in [0.1, 0.15) is 17.9 Å². The summed E-state index contributed by atoms with van der Waals surface area (Å²) in [6, 6.07) is 3.94. The molecule has 33 heavy (non-hydrogen) atoms. The van der Waals surface area contributed by atoms with E-state index in [0.29, 0.717) is 42.5 Å². The number of amides is 1. The lowest BCUT2D eigenvalue weighted by Crippen LogP contribution is -2.60. The van der Waals surface area contributed by atoms with Gasteiger partial charge in [-0.2, -0.15) is 0 Å². The minimum Gasteiger partial charge on any atom is -0.451 e. The molecule has 1 spiro atoms. The van der Waals surface area contributed by atoms with Crippen molar-refractivity contribution in [1.29, 1.82) is 0 Å². The van der Waals surface area contributed by atoms with Gasteiger partial charge in [-0.05, 0) is 58.1 Å². The maximum atomic E-state index is 14.1. The third kappa shape index (κ3) is 4.39. The second-order valence-corrected chi connectivity index (χ2v) is 9.53. The molecule has 0 aliphatic carbocycles. The Morgan fingerprint density at radius 3 is 2.76 bits per heavy atom. The van der Waals surface area contributed by atoms with E-state index in [1.54, 1.807) is 11.1 Å². The monoisotopic (exact) mass is 455 g/mol. The molecule has 0 radical (unpaired) electrons. The molecule has 8 nitrogen and oxygen atoms in total. The number of carbonyl (C=O) groups excluding carboxylic acids is 1. The Morgan fingerprint density at radius 1 is 1.21 bits per heavy atom. The molecule has 2 aromatic rings. The number of piperidine rings is 1. The van der Waals surface area contributed by atoms with Crippen molar-refractivity contribution >= 4 is 11.7 Å². The van der Waals surface area contributed by atoms with Crippen molar-refractivity contribution in [2.24, 2.45) is 5.41 Å². The van der Waals surface area contributed by atoms with Crippen LogP contribution in [0.3, 0.4) is 0 Å². The summed E-state index contributed by atoms with van der Waals surface area (Å²) in [4.78, 5) is 28.2. The van der Waals surface area contributed by atoms with Crippen LogP contribution in [0.4, 0.5) is 10.2 Å². The normalized spacial score (nSPS) is 22.8. The third-order valence-electron chi connectivity index (χ3n) is 7.08. The molecule has 4 heterocycles. The Labute approximate surface area is 193 Å². The highest BCUT2D eigenvalue weighted by molar-refractivity contribution is 5.97. The fourth-order valence-electron chi connectivity index (χ4n) is 5.00. The van der Waals surface area contributed by atoms with Crippen LogP contribution >= 0.6 is 0 Å². The van der Waals surface area contributed by atoms with Crippen LogP contribution in [0, 0.1) is 11.2 Å². The molecule has 1 atom stereocenters. The molecule has 9 heteroatoms. The van der Waals surface area contributed by atoms with E-state index in [9.17, 15) is 9.18 Å². The average molecular weight is 456 g/mol. The van der Waals surface area contributed by atoms with Gasteiger partial charge in [-0.25, -0.2) is 14.4 Å². The third-order valence-corrected chi connectivity index (χ3v) is 7.08. The van der Waals surface area contributed by atoms with E-state index in [1.165, 1.54) is 37.4 Å². The highest BCUT2D eigenvalue weighted by Gasteiger charge is 2.45. The first kappa shape index (κ1) is 22.0. The average Bonchev–Trinajstić information content (AvgIpc) is 2.80. The van der Waals surface area contributed by atoms with Crippen molar-refractivity contribution in [2.45, 2.75) is 25.8 Å². The Morgan fingerprint density at radius 2 is 2.00 bits per heavy atom. The second-order valence-electron chi connectivity index (χ2n) is 9.53. The number of hydrogen-bond acceptors (Lipinski definition) is 7. The molecule has 0 N–H and O–H groups in total. The van der Waals surface area contributed by atoms with Crippen molar-refractivity contribution < 1.29 is 18.7 Å². The number of nitrogens with zero attached hydrogens (tertiary/aromatic N) is 5. The van der Waals surface area contributed by atoms with Gasteiger partial charge in [-0.15, -0.1) is 0 Å². The van der Waals surface area contributed by atoms with Gasteiger partial charge < -0.3 is 24.2 Å². The predicted molar refractivity (Wildman–Crippen MR) is 121 cm³/mol. The number of likely N-dealkylation sites (tertiary alicyclic amines) is 1. The number of hydrogen-bond donors (Lipinski definition) is 0. The van der Waals surface area contributed by atoms with Crippen LogP contribution in [0.15, 0.2) is 30.7 Å². The molecule has 3 fully saturated rings. The van der Waals surface area contributed by atoms with Gasteiger partial charge in [-0.1, -0.05) is 0 Å². The minimum atomic E-state index is -0.483. The Bertz CT molecular complexity index is 1020. The highest BCUT2D eigenvalue weighted by atomic mass is 19.1. The molecule has 0 bridgehead atoms. The summed E-state index contributed by atoms with van der Waals surface area (Å²) in [5.41, 5.74) is 0.520. The van der Waals surface area contributed by atoms with Crippen molar-refractivity contribution in [2.75, 3.05) is 57.9 Å². The number of aromatic nitrogens is 2. The lowest BCUT2D eigenvalue weighted by Gasteiger charge is -2.54. The quantitative estimate of drug-likeness (QED) is 0.702. The smallest absolute Gasteiger partial charge is 0.258 e. The topological polar surface area (TPSA) is 71.0 Å². The molecule has 176 valence electrons. The maximum Gasteiger partial charge on any atom is 0.258 e. The van der Waals surface area contributed by atoms with Crippen LogP contribution in [0.25, 0.3) is 0 Å². The fraction of sp³-hybridized carbons (Fsp3) is 0.542. The molecular formula is C24H30FN5O3. The number of benzene rings is 1. The number of rotatable bonds is 4. The zero-order chi connectivity index (χ0) is 23.0. The first-order valence-corrected chi connectivity index (χ1v) is 11.5. The van der Waals surface area contributed by atoms with E-state index >= 15 is 0 Å². The van der Waals surface area contributed by atoms with Crippen molar-refractivity contribution in [1.82, 2.24) is 19.8 Å². The van der Waals surface area contributed by atoms with Crippen LogP contribution in [0.1, 0.15) is 30.1 Å². The molecule has 1 amide bonds. The zero-order valence-corrected chi connectivity index (χ0v) is 19.2.